The first-order valence-electron chi connectivity index (χ1n) is 7.90. The first kappa shape index (κ1) is 17.6. The highest BCUT2D eigenvalue weighted by Gasteiger charge is 2.13. The second-order valence-corrected chi connectivity index (χ2v) is 6.46. The molecule has 0 unspecified atom stereocenters. The number of ketones is 1. The second kappa shape index (κ2) is 7.81. The molecule has 0 aliphatic rings. The molecular formula is C20H15N3O2S. The summed E-state index contributed by atoms with van der Waals surface area (Å²) in [6, 6.07) is 15.6. The van der Waals surface area contributed by atoms with E-state index in [9.17, 15) is 9.59 Å². The SMILES string of the molecule is C=CCn1c(SCC(=O)c2ccc(C#N)cc2)nc2ccccc2c1=O. The van der Waals surface area contributed by atoms with E-state index in [0.29, 0.717) is 33.7 Å². The molecule has 128 valence electrons. The number of hydrogen-bond acceptors (Lipinski definition) is 5. The van der Waals surface area contributed by atoms with Crippen LogP contribution in [0.3, 0.4) is 0 Å². The molecule has 0 aliphatic carbocycles. The Bertz CT molecular complexity index is 1080. The van der Waals surface area contributed by atoms with Crippen molar-refractivity contribution in [2.24, 2.45) is 0 Å². The predicted octanol–water partition coefficient (Wildman–Crippen LogP) is 3.43. The van der Waals surface area contributed by atoms with Crippen LogP contribution in [0.25, 0.3) is 10.9 Å². The number of allylic oxidation sites excluding steroid dienone is 1. The Hall–Kier alpha value is -3.17. The molecule has 1 heterocycles. The Labute approximate surface area is 154 Å². The average Bonchev–Trinajstić information content (AvgIpc) is 2.68. The van der Waals surface area contributed by atoms with Crippen LogP contribution in [-0.4, -0.2) is 21.1 Å². The van der Waals surface area contributed by atoms with Crippen LogP contribution in [0.2, 0.25) is 0 Å². The molecule has 0 amide bonds. The molecule has 0 atom stereocenters. The van der Waals surface area contributed by atoms with Crippen molar-refractivity contribution in [2.45, 2.75) is 11.7 Å². The summed E-state index contributed by atoms with van der Waals surface area (Å²) in [6.07, 6.45) is 1.63. The number of nitriles is 1. The molecular weight excluding hydrogens is 346 g/mol. The fraction of sp³-hybridized carbons (Fsp3) is 0.100. The number of carbonyl (C=O) groups is 1. The van der Waals surface area contributed by atoms with Gasteiger partial charge < -0.3 is 0 Å². The van der Waals surface area contributed by atoms with E-state index in [2.05, 4.69) is 11.6 Å². The number of carbonyl (C=O) groups excluding carboxylic acids is 1. The molecule has 0 N–H and O–H groups in total. The molecule has 0 fully saturated rings. The monoisotopic (exact) mass is 361 g/mol. The van der Waals surface area contributed by atoms with Gasteiger partial charge in [-0.1, -0.05) is 42.1 Å². The lowest BCUT2D eigenvalue weighted by Crippen LogP contribution is -2.23. The van der Waals surface area contributed by atoms with Crippen LogP contribution in [0.4, 0.5) is 0 Å². The molecule has 0 saturated heterocycles. The van der Waals surface area contributed by atoms with Crippen LogP contribution < -0.4 is 5.56 Å². The maximum absolute atomic E-state index is 12.7. The molecule has 0 radical (unpaired) electrons. The molecule has 3 aromatic rings. The molecule has 3 rings (SSSR count). The Morgan fingerprint density at radius 3 is 2.65 bits per heavy atom. The number of fused-ring (bicyclic) bond motifs is 1. The zero-order valence-corrected chi connectivity index (χ0v) is 14.7. The second-order valence-electron chi connectivity index (χ2n) is 5.52. The summed E-state index contributed by atoms with van der Waals surface area (Å²) in [4.78, 5) is 29.6. The van der Waals surface area contributed by atoms with Crippen molar-refractivity contribution in [3.8, 4) is 6.07 Å². The summed E-state index contributed by atoms with van der Waals surface area (Å²) in [5.41, 5.74) is 1.48. The summed E-state index contributed by atoms with van der Waals surface area (Å²) < 4.78 is 1.52. The van der Waals surface area contributed by atoms with Crippen molar-refractivity contribution in [1.82, 2.24) is 9.55 Å². The van der Waals surface area contributed by atoms with Crippen LogP contribution >= 0.6 is 11.8 Å². The van der Waals surface area contributed by atoms with E-state index in [1.165, 1.54) is 16.3 Å². The number of Topliss-reactive ketones (excluding diaryl/α,β-unsaturated/α-hetero) is 1. The largest absolute Gasteiger partial charge is 0.293 e. The first-order chi connectivity index (χ1) is 12.6. The molecule has 5 nitrogen and oxygen atoms in total. The Kier molecular flexibility index (Phi) is 5.30. The highest BCUT2D eigenvalue weighted by molar-refractivity contribution is 7.99. The van der Waals surface area contributed by atoms with E-state index in [4.69, 9.17) is 5.26 Å². The van der Waals surface area contributed by atoms with Crippen molar-refractivity contribution < 1.29 is 4.79 Å². The number of aromatic nitrogens is 2. The minimum absolute atomic E-state index is 0.0907. The van der Waals surface area contributed by atoms with E-state index < -0.39 is 0 Å². The maximum Gasteiger partial charge on any atom is 0.262 e. The van der Waals surface area contributed by atoms with E-state index in [-0.39, 0.29) is 17.1 Å². The third-order valence-electron chi connectivity index (χ3n) is 3.81. The van der Waals surface area contributed by atoms with Gasteiger partial charge in [0, 0.05) is 12.1 Å². The highest BCUT2D eigenvalue weighted by Crippen LogP contribution is 2.19. The number of rotatable bonds is 6. The lowest BCUT2D eigenvalue weighted by atomic mass is 10.1. The fourth-order valence-electron chi connectivity index (χ4n) is 2.49. The van der Waals surface area contributed by atoms with Crippen LogP contribution in [-0.2, 0) is 6.54 Å². The van der Waals surface area contributed by atoms with Gasteiger partial charge in [-0.25, -0.2) is 4.98 Å². The molecule has 0 spiro atoms. The van der Waals surface area contributed by atoms with Gasteiger partial charge in [0.05, 0.1) is 28.3 Å². The number of hydrogen-bond donors (Lipinski definition) is 0. The minimum Gasteiger partial charge on any atom is -0.293 e. The van der Waals surface area contributed by atoms with Crippen molar-refractivity contribution in [2.75, 3.05) is 5.75 Å². The minimum atomic E-state index is -0.149. The molecule has 26 heavy (non-hydrogen) atoms. The number of benzene rings is 2. The van der Waals surface area contributed by atoms with Crippen LogP contribution in [0, 0.1) is 11.3 Å². The molecule has 6 heteroatoms. The molecule has 0 bridgehead atoms. The summed E-state index contributed by atoms with van der Waals surface area (Å²) in [5.74, 6) is 0.0560. The summed E-state index contributed by atoms with van der Waals surface area (Å²) >= 11 is 1.22. The lowest BCUT2D eigenvalue weighted by molar-refractivity contribution is 0.102. The lowest BCUT2D eigenvalue weighted by Gasteiger charge is -2.11. The zero-order chi connectivity index (χ0) is 18.5. The van der Waals surface area contributed by atoms with Gasteiger partial charge in [-0.3, -0.25) is 14.2 Å². The third-order valence-corrected chi connectivity index (χ3v) is 4.78. The Morgan fingerprint density at radius 2 is 1.96 bits per heavy atom. The predicted molar refractivity (Wildman–Crippen MR) is 102 cm³/mol. The van der Waals surface area contributed by atoms with Gasteiger partial charge in [0.1, 0.15) is 0 Å². The van der Waals surface area contributed by atoms with E-state index in [0.717, 1.165) is 0 Å². The Balaban J connectivity index is 1.88. The molecule has 1 aromatic heterocycles. The normalized spacial score (nSPS) is 10.4. The van der Waals surface area contributed by atoms with E-state index >= 15 is 0 Å². The summed E-state index contributed by atoms with van der Waals surface area (Å²) in [5, 5.41) is 9.85. The van der Waals surface area contributed by atoms with Gasteiger partial charge >= 0.3 is 0 Å². The van der Waals surface area contributed by atoms with Crippen LogP contribution in [0.15, 0.2) is 71.1 Å². The first-order valence-corrected chi connectivity index (χ1v) is 8.89. The Morgan fingerprint density at radius 1 is 1.23 bits per heavy atom. The molecule has 0 saturated carbocycles. The highest BCUT2D eigenvalue weighted by atomic mass is 32.2. The number of thioether (sulfide) groups is 1. The topological polar surface area (TPSA) is 75.8 Å². The standard InChI is InChI=1S/C20H15N3O2S/c1-2-11-23-19(25)16-5-3-4-6-17(16)22-20(23)26-13-18(24)15-9-7-14(12-21)8-10-15/h2-10H,1,11,13H2. The van der Waals surface area contributed by atoms with Gasteiger partial charge in [-0.2, -0.15) is 5.26 Å². The van der Waals surface area contributed by atoms with Gasteiger partial charge in [0.2, 0.25) is 0 Å². The molecule has 0 aliphatic heterocycles. The quantitative estimate of drug-likeness (QED) is 0.291. The van der Waals surface area contributed by atoms with Gasteiger partial charge in [0.25, 0.3) is 5.56 Å². The zero-order valence-electron chi connectivity index (χ0n) is 13.9. The van der Waals surface area contributed by atoms with E-state index in [1.54, 1.807) is 48.5 Å². The van der Waals surface area contributed by atoms with Crippen LogP contribution in [0.5, 0.6) is 0 Å². The average molecular weight is 361 g/mol. The smallest absolute Gasteiger partial charge is 0.262 e. The van der Waals surface area contributed by atoms with E-state index in [1.807, 2.05) is 12.1 Å². The van der Waals surface area contributed by atoms with Crippen LogP contribution in [0.1, 0.15) is 15.9 Å². The fourth-order valence-corrected chi connectivity index (χ4v) is 3.40. The van der Waals surface area contributed by atoms with Crippen molar-refractivity contribution >= 4 is 28.4 Å². The van der Waals surface area contributed by atoms with Gasteiger partial charge in [-0.05, 0) is 24.3 Å². The maximum atomic E-state index is 12.7. The van der Waals surface area contributed by atoms with Crippen molar-refractivity contribution in [3.63, 3.8) is 0 Å². The number of para-hydroxylation sites is 1. The third kappa shape index (κ3) is 3.58. The summed E-state index contributed by atoms with van der Waals surface area (Å²) in [6.45, 7) is 4.01. The number of nitrogens with zero attached hydrogens (tertiary/aromatic N) is 3. The van der Waals surface area contributed by atoms with Crippen molar-refractivity contribution in [1.29, 1.82) is 5.26 Å². The van der Waals surface area contributed by atoms with Gasteiger partial charge in [-0.15, -0.1) is 6.58 Å². The summed E-state index contributed by atoms with van der Waals surface area (Å²) in [7, 11) is 0. The molecule has 2 aromatic carbocycles. The van der Waals surface area contributed by atoms with Crippen molar-refractivity contribution in [3.05, 3.63) is 82.7 Å². The van der Waals surface area contributed by atoms with Gasteiger partial charge in [0.15, 0.2) is 10.9 Å².